The van der Waals surface area contributed by atoms with Gasteiger partial charge in [-0.15, -0.1) is 0 Å². The molecular weight excluding hydrogens is 248 g/mol. The molecule has 0 bridgehead atoms. The lowest BCUT2D eigenvalue weighted by atomic mass is 9.91. The zero-order valence-corrected chi connectivity index (χ0v) is 12.0. The van der Waals surface area contributed by atoms with Crippen molar-refractivity contribution in [1.29, 1.82) is 0 Å². The van der Waals surface area contributed by atoms with Crippen LogP contribution in [-0.2, 0) is 10.0 Å². The molecule has 5 heteroatoms. The first-order chi connectivity index (χ1) is 8.62. The number of nitrogens with two attached hydrogens (primary N) is 1. The van der Waals surface area contributed by atoms with Gasteiger partial charge in [-0.2, -0.15) is 0 Å². The summed E-state index contributed by atoms with van der Waals surface area (Å²) in [5.74, 6) is 1.26. The summed E-state index contributed by atoms with van der Waals surface area (Å²) in [7, 11) is -3.02. The van der Waals surface area contributed by atoms with E-state index in [1.165, 1.54) is 19.3 Å². The zero-order valence-electron chi connectivity index (χ0n) is 11.2. The van der Waals surface area contributed by atoms with E-state index >= 15 is 0 Å². The average Bonchev–Trinajstić information content (AvgIpc) is 2.80. The molecule has 106 valence electrons. The molecule has 1 atom stereocenters. The van der Waals surface area contributed by atoms with Crippen molar-refractivity contribution in [2.45, 2.75) is 44.9 Å². The van der Waals surface area contributed by atoms with Gasteiger partial charge < -0.3 is 5.73 Å². The molecule has 1 aliphatic carbocycles. The summed E-state index contributed by atoms with van der Waals surface area (Å²) >= 11 is 0. The molecule has 2 fully saturated rings. The second-order valence-corrected chi connectivity index (χ2v) is 7.89. The van der Waals surface area contributed by atoms with Gasteiger partial charge >= 0.3 is 0 Å². The SMILES string of the molecule is NCCC1CCN(S(=O)(=O)CC2CCCCC2)C1. The summed E-state index contributed by atoms with van der Waals surface area (Å²) in [5, 5.41) is 0. The topological polar surface area (TPSA) is 63.4 Å². The van der Waals surface area contributed by atoms with E-state index in [0.717, 1.165) is 25.7 Å². The van der Waals surface area contributed by atoms with Crippen LogP contribution in [0.1, 0.15) is 44.9 Å². The minimum Gasteiger partial charge on any atom is -0.330 e. The van der Waals surface area contributed by atoms with Crippen LogP contribution in [0.5, 0.6) is 0 Å². The minimum atomic E-state index is -3.02. The third kappa shape index (κ3) is 3.68. The molecule has 0 aromatic heterocycles. The molecule has 0 amide bonds. The van der Waals surface area contributed by atoms with Crippen LogP contribution in [-0.4, -0.2) is 38.1 Å². The number of hydrogen-bond donors (Lipinski definition) is 1. The Morgan fingerprint density at radius 3 is 2.44 bits per heavy atom. The summed E-state index contributed by atoms with van der Waals surface area (Å²) < 4.78 is 26.4. The average molecular weight is 274 g/mol. The van der Waals surface area contributed by atoms with Crippen molar-refractivity contribution in [3.8, 4) is 0 Å². The van der Waals surface area contributed by atoms with Gasteiger partial charge in [-0.1, -0.05) is 19.3 Å². The van der Waals surface area contributed by atoms with Gasteiger partial charge in [-0.25, -0.2) is 12.7 Å². The van der Waals surface area contributed by atoms with E-state index in [1.807, 2.05) is 0 Å². The van der Waals surface area contributed by atoms with Gasteiger partial charge in [0.05, 0.1) is 5.75 Å². The maximum Gasteiger partial charge on any atom is 0.214 e. The fourth-order valence-electron chi connectivity index (χ4n) is 3.28. The summed E-state index contributed by atoms with van der Waals surface area (Å²) in [6.45, 7) is 2.08. The monoisotopic (exact) mass is 274 g/mol. The molecule has 1 unspecified atom stereocenters. The van der Waals surface area contributed by atoms with Crippen molar-refractivity contribution in [2.24, 2.45) is 17.6 Å². The molecular formula is C13H26N2O2S. The van der Waals surface area contributed by atoms with E-state index in [9.17, 15) is 8.42 Å². The van der Waals surface area contributed by atoms with Crippen LogP contribution in [0.4, 0.5) is 0 Å². The smallest absolute Gasteiger partial charge is 0.214 e. The lowest BCUT2D eigenvalue weighted by Crippen LogP contribution is -2.34. The lowest BCUT2D eigenvalue weighted by molar-refractivity contribution is 0.373. The largest absolute Gasteiger partial charge is 0.330 e. The minimum absolute atomic E-state index is 0.377. The second kappa shape index (κ2) is 6.35. The van der Waals surface area contributed by atoms with Gasteiger partial charge in [0.1, 0.15) is 0 Å². The summed E-state index contributed by atoms with van der Waals surface area (Å²) in [6, 6.07) is 0. The highest BCUT2D eigenvalue weighted by Crippen LogP contribution is 2.28. The molecule has 4 nitrogen and oxygen atoms in total. The first-order valence-corrected chi connectivity index (χ1v) is 8.90. The van der Waals surface area contributed by atoms with Gasteiger partial charge in [0.15, 0.2) is 0 Å². The maximum atomic E-state index is 12.3. The number of rotatable bonds is 5. The predicted molar refractivity (Wildman–Crippen MR) is 73.7 cm³/mol. The van der Waals surface area contributed by atoms with Crippen molar-refractivity contribution in [3.63, 3.8) is 0 Å². The molecule has 18 heavy (non-hydrogen) atoms. The van der Waals surface area contributed by atoms with Gasteiger partial charge in [0.25, 0.3) is 0 Å². The van der Waals surface area contributed by atoms with E-state index in [2.05, 4.69) is 0 Å². The number of nitrogens with zero attached hydrogens (tertiary/aromatic N) is 1. The Hall–Kier alpha value is -0.130. The number of sulfonamides is 1. The van der Waals surface area contributed by atoms with Gasteiger partial charge in [-0.3, -0.25) is 0 Å². The van der Waals surface area contributed by atoms with Gasteiger partial charge in [-0.05, 0) is 44.1 Å². The molecule has 2 rings (SSSR count). The molecule has 0 spiro atoms. The van der Waals surface area contributed by atoms with Crippen molar-refractivity contribution < 1.29 is 8.42 Å². The molecule has 2 N–H and O–H groups in total. The van der Waals surface area contributed by atoms with E-state index in [4.69, 9.17) is 5.73 Å². The van der Waals surface area contributed by atoms with Crippen LogP contribution in [0, 0.1) is 11.8 Å². The van der Waals surface area contributed by atoms with Crippen LogP contribution in [0.15, 0.2) is 0 Å². The molecule has 0 aromatic carbocycles. The van der Waals surface area contributed by atoms with Gasteiger partial charge in [0, 0.05) is 13.1 Å². The lowest BCUT2D eigenvalue weighted by Gasteiger charge is -2.24. The van der Waals surface area contributed by atoms with E-state index in [1.54, 1.807) is 4.31 Å². The Kier molecular flexibility index (Phi) is 5.04. The first-order valence-electron chi connectivity index (χ1n) is 7.29. The fourth-order valence-corrected chi connectivity index (χ4v) is 5.24. The van der Waals surface area contributed by atoms with E-state index in [0.29, 0.717) is 37.2 Å². The van der Waals surface area contributed by atoms with E-state index < -0.39 is 10.0 Å². The highest BCUT2D eigenvalue weighted by Gasteiger charge is 2.32. The van der Waals surface area contributed by atoms with Crippen molar-refractivity contribution in [1.82, 2.24) is 4.31 Å². The van der Waals surface area contributed by atoms with Crippen LogP contribution in [0.3, 0.4) is 0 Å². The molecule has 1 heterocycles. The molecule has 0 aromatic rings. The van der Waals surface area contributed by atoms with Crippen molar-refractivity contribution >= 4 is 10.0 Å². The Balaban J connectivity index is 1.86. The van der Waals surface area contributed by atoms with Gasteiger partial charge in [0.2, 0.25) is 10.0 Å². The zero-order chi connectivity index (χ0) is 13.0. The molecule has 1 aliphatic heterocycles. The predicted octanol–water partition coefficient (Wildman–Crippen LogP) is 1.57. The Morgan fingerprint density at radius 1 is 1.06 bits per heavy atom. The standard InChI is InChI=1S/C13H26N2O2S/c14-8-6-12-7-9-15(10-12)18(16,17)11-13-4-2-1-3-5-13/h12-13H,1-11,14H2. The fraction of sp³-hybridized carbons (Fsp3) is 1.00. The molecule has 1 saturated heterocycles. The van der Waals surface area contributed by atoms with Crippen LogP contribution in [0.25, 0.3) is 0 Å². The Bertz CT molecular complexity index is 350. The van der Waals surface area contributed by atoms with Crippen LogP contribution < -0.4 is 5.73 Å². The maximum absolute atomic E-state index is 12.3. The molecule has 0 radical (unpaired) electrons. The summed E-state index contributed by atoms with van der Waals surface area (Å²) in [6.07, 6.45) is 7.82. The highest BCUT2D eigenvalue weighted by atomic mass is 32.2. The summed E-state index contributed by atoms with van der Waals surface area (Å²) in [5.41, 5.74) is 5.54. The normalized spacial score (nSPS) is 27.7. The number of hydrogen-bond acceptors (Lipinski definition) is 3. The second-order valence-electron chi connectivity index (χ2n) is 5.87. The molecule has 1 saturated carbocycles. The van der Waals surface area contributed by atoms with E-state index in [-0.39, 0.29) is 0 Å². The highest BCUT2D eigenvalue weighted by molar-refractivity contribution is 7.89. The third-order valence-corrected chi connectivity index (χ3v) is 6.40. The van der Waals surface area contributed by atoms with Crippen molar-refractivity contribution in [2.75, 3.05) is 25.4 Å². The molecule has 2 aliphatic rings. The van der Waals surface area contributed by atoms with Crippen molar-refractivity contribution in [3.05, 3.63) is 0 Å². The first kappa shape index (κ1) is 14.3. The van der Waals surface area contributed by atoms with Crippen LogP contribution in [0.2, 0.25) is 0 Å². The van der Waals surface area contributed by atoms with Crippen LogP contribution >= 0.6 is 0 Å². The Morgan fingerprint density at radius 2 is 1.78 bits per heavy atom. The Labute approximate surface area is 111 Å². The third-order valence-electron chi connectivity index (χ3n) is 4.39. The summed E-state index contributed by atoms with van der Waals surface area (Å²) in [4.78, 5) is 0. The quantitative estimate of drug-likeness (QED) is 0.827.